The number of methoxy groups -OCH3 is 1. The van der Waals surface area contributed by atoms with Crippen LogP contribution >= 0.6 is 0 Å². The Morgan fingerprint density at radius 1 is 1.27 bits per heavy atom. The minimum atomic E-state index is 0.0119. The highest BCUT2D eigenvalue weighted by atomic mass is 16.5. The molecule has 0 spiro atoms. The average molecular weight is 446 g/mol. The van der Waals surface area contributed by atoms with Gasteiger partial charge in [-0.15, -0.1) is 0 Å². The topological polar surface area (TPSA) is 87.9 Å². The third kappa shape index (κ3) is 6.21. The van der Waals surface area contributed by atoms with E-state index in [9.17, 15) is 0 Å². The molecule has 0 amide bonds. The van der Waals surface area contributed by atoms with E-state index in [1.165, 1.54) is 12.8 Å². The maximum atomic E-state index is 5.10. The summed E-state index contributed by atoms with van der Waals surface area (Å²) in [5.74, 6) is 7.93. The van der Waals surface area contributed by atoms with Gasteiger partial charge in [0.1, 0.15) is 12.0 Å². The third-order valence-corrected chi connectivity index (χ3v) is 5.60. The molecule has 2 aliphatic rings. The molecule has 0 saturated carbocycles. The van der Waals surface area contributed by atoms with Gasteiger partial charge in [-0.25, -0.2) is 19.9 Å². The second-order valence-corrected chi connectivity index (χ2v) is 8.07. The number of nitrogens with one attached hydrogen (secondary N) is 1. The highest BCUT2D eigenvalue weighted by Crippen LogP contribution is 2.27. The Labute approximate surface area is 195 Å². The number of aromatic nitrogens is 3. The molecule has 0 radical (unpaired) electrons. The normalized spacial score (nSPS) is 19.0. The fourth-order valence-corrected chi connectivity index (χ4v) is 3.95. The first-order chi connectivity index (χ1) is 16.3. The first kappa shape index (κ1) is 23.0. The number of ether oxygens (including phenoxy) is 1. The number of hydrogen-bond acceptors (Lipinski definition) is 8. The van der Waals surface area contributed by atoms with Gasteiger partial charge in [-0.3, -0.25) is 10.3 Å². The molecule has 1 N–H and O–H groups in total. The Kier molecular flexibility index (Phi) is 8.12. The lowest BCUT2D eigenvalue weighted by Gasteiger charge is -2.19. The summed E-state index contributed by atoms with van der Waals surface area (Å²) >= 11 is 0. The maximum absolute atomic E-state index is 5.10. The number of pyridine rings is 1. The van der Waals surface area contributed by atoms with Gasteiger partial charge in [-0.2, -0.15) is 0 Å². The molecule has 33 heavy (non-hydrogen) atoms. The summed E-state index contributed by atoms with van der Waals surface area (Å²) in [6.07, 6.45) is 10.2. The lowest BCUT2D eigenvalue weighted by molar-refractivity contribution is 0.196. The predicted molar refractivity (Wildman–Crippen MR) is 132 cm³/mol. The summed E-state index contributed by atoms with van der Waals surface area (Å²) in [7, 11) is 1.69. The van der Waals surface area contributed by atoms with E-state index >= 15 is 0 Å². The second kappa shape index (κ2) is 11.6. The van der Waals surface area contributed by atoms with Crippen LogP contribution in [0.4, 0.5) is 11.8 Å². The number of aliphatic imine (C=N–C) groups is 2. The smallest absolute Gasteiger partial charge is 0.249 e. The molecule has 4 rings (SSSR count). The molecule has 2 aromatic heterocycles. The van der Waals surface area contributed by atoms with E-state index in [2.05, 4.69) is 45.0 Å². The van der Waals surface area contributed by atoms with E-state index < -0.39 is 0 Å². The summed E-state index contributed by atoms with van der Waals surface area (Å²) in [6.45, 7) is 5.53. The summed E-state index contributed by atoms with van der Waals surface area (Å²) in [5, 5.41) is 3.36. The fraction of sp³-hybridized carbons (Fsp3) is 0.480. The van der Waals surface area contributed by atoms with Crippen LogP contribution in [0.1, 0.15) is 44.6 Å². The zero-order chi connectivity index (χ0) is 22.9. The largest absolute Gasteiger partial charge is 0.383 e. The van der Waals surface area contributed by atoms with Crippen molar-refractivity contribution in [3.05, 3.63) is 30.1 Å². The van der Waals surface area contributed by atoms with Crippen LogP contribution in [0.15, 0.2) is 34.5 Å². The van der Waals surface area contributed by atoms with Crippen molar-refractivity contribution in [1.29, 1.82) is 0 Å². The highest BCUT2D eigenvalue weighted by molar-refractivity contribution is 5.98. The van der Waals surface area contributed by atoms with Crippen molar-refractivity contribution >= 4 is 23.7 Å². The molecular weight excluding hydrogens is 414 g/mol. The van der Waals surface area contributed by atoms with Crippen LogP contribution in [0.5, 0.6) is 0 Å². The molecule has 0 bridgehead atoms. The summed E-state index contributed by atoms with van der Waals surface area (Å²) in [4.78, 5) is 25.4. The van der Waals surface area contributed by atoms with Crippen molar-refractivity contribution in [1.82, 2.24) is 20.3 Å². The van der Waals surface area contributed by atoms with E-state index in [1.54, 1.807) is 13.3 Å². The molecule has 2 aliphatic heterocycles. The zero-order valence-electron chi connectivity index (χ0n) is 19.4. The molecule has 1 unspecified atom stereocenters. The SMILES string of the molecule is CCC#Cc1cc(-c2ccnc(N=C3CC=NC(NCCOC)C3)n2)cnc1N1CCCC1. The van der Waals surface area contributed by atoms with Gasteiger partial charge in [-0.05, 0) is 25.0 Å². The van der Waals surface area contributed by atoms with Gasteiger partial charge in [0.05, 0.1) is 17.9 Å². The molecular formula is C25H31N7O. The minimum Gasteiger partial charge on any atom is -0.383 e. The summed E-state index contributed by atoms with van der Waals surface area (Å²) in [5.41, 5.74) is 3.68. The van der Waals surface area contributed by atoms with Crippen molar-refractivity contribution in [3.8, 4) is 23.1 Å². The van der Waals surface area contributed by atoms with Gasteiger partial charge >= 0.3 is 0 Å². The molecule has 1 atom stereocenters. The molecule has 8 heteroatoms. The van der Waals surface area contributed by atoms with Crippen molar-refractivity contribution in [2.45, 2.75) is 45.2 Å². The van der Waals surface area contributed by atoms with Crippen LogP contribution in [0, 0.1) is 11.8 Å². The van der Waals surface area contributed by atoms with Crippen LogP contribution in [0.3, 0.4) is 0 Å². The Balaban J connectivity index is 1.55. The monoisotopic (exact) mass is 445 g/mol. The van der Waals surface area contributed by atoms with Crippen molar-refractivity contribution in [3.63, 3.8) is 0 Å². The molecule has 0 aliphatic carbocycles. The molecule has 2 aromatic rings. The van der Waals surface area contributed by atoms with Gasteiger partial charge in [-0.1, -0.05) is 18.8 Å². The van der Waals surface area contributed by atoms with E-state index in [1.807, 2.05) is 18.5 Å². The van der Waals surface area contributed by atoms with Crippen LogP contribution in [0.2, 0.25) is 0 Å². The first-order valence-electron chi connectivity index (χ1n) is 11.6. The van der Waals surface area contributed by atoms with E-state index in [0.717, 1.165) is 60.8 Å². The van der Waals surface area contributed by atoms with E-state index in [4.69, 9.17) is 19.7 Å². The van der Waals surface area contributed by atoms with Gasteiger partial charge in [0, 0.05) is 75.9 Å². The molecule has 1 saturated heterocycles. The average Bonchev–Trinajstić information content (AvgIpc) is 3.38. The minimum absolute atomic E-state index is 0.0119. The Hall–Kier alpha value is -3.15. The van der Waals surface area contributed by atoms with Gasteiger partial charge in [0.2, 0.25) is 5.95 Å². The highest BCUT2D eigenvalue weighted by Gasteiger charge is 2.18. The Morgan fingerprint density at radius 2 is 2.15 bits per heavy atom. The second-order valence-electron chi connectivity index (χ2n) is 8.07. The lowest BCUT2D eigenvalue weighted by Crippen LogP contribution is -2.34. The van der Waals surface area contributed by atoms with E-state index in [0.29, 0.717) is 19.0 Å². The van der Waals surface area contributed by atoms with E-state index in [-0.39, 0.29) is 6.17 Å². The number of hydrogen-bond donors (Lipinski definition) is 1. The molecule has 172 valence electrons. The number of rotatable bonds is 7. The van der Waals surface area contributed by atoms with Crippen LogP contribution in [-0.2, 0) is 4.74 Å². The summed E-state index contributed by atoms with van der Waals surface area (Å²) < 4.78 is 5.10. The van der Waals surface area contributed by atoms with Crippen LogP contribution in [-0.4, -0.2) is 66.4 Å². The van der Waals surface area contributed by atoms with Gasteiger partial charge < -0.3 is 9.64 Å². The first-order valence-corrected chi connectivity index (χ1v) is 11.6. The lowest BCUT2D eigenvalue weighted by atomic mass is 10.1. The Morgan fingerprint density at radius 3 is 2.97 bits per heavy atom. The van der Waals surface area contributed by atoms with Gasteiger partial charge in [0.25, 0.3) is 0 Å². The quantitative estimate of drug-likeness (QED) is 0.519. The van der Waals surface area contributed by atoms with Crippen LogP contribution in [0.25, 0.3) is 11.3 Å². The zero-order valence-corrected chi connectivity index (χ0v) is 19.4. The number of nitrogens with zero attached hydrogens (tertiary/aromatic N) is 6. The van der Waals surface area contributed by atoms with Crippen molar-refractivity contribution in [2.24, 2.45) is 9.98 Å². The maximum Gasteiger partial charge on any atom is 0.249 e. The van der Waals surface area contributed by atoms with Crippen molar-refractivity contribution in [2.75, 3.05) is 38.3 Å². The van der Waals surface area contributed by atoms with Crippen LogP contribution < -0.4 is 10.2 Å². The van der Waals surface area contributed by atoms with Gasteiger partial charge in [0.15, 0.2) is 0 Å². The fourth-order valence-electron chi connectivity index (χ4n) is 3.95. The van der Waals surface area contributed by atoms with Crippen molar-refractivity contribution < 1.29 is 4.74 Å². The number of anilines is 1. The summed E-state index contributed by atoms with van der Waals surface area (Å²) in [6, 6.07) is 3.98. The molecule has 4 heterocycles. The Bertz CT molecular complexity index is 1060. The standard InChI is InChI=1S/C25H31N7O/c1-3-4-7-19-16-20(18-29-24(19)32-13-5-6-14-32)22-9-11-28-25(31-22)30-21-8-10-26-23(17-21)27-12-15-33-2/h9-11,16,18,23,27H,3,5-6,8,12-15,17H2,1-2H3. The third-order valence-electron chi connectivity index (χ3n) is 5.60. The molecule has 8 nitrogen and oxygen atoms in total. The molecule has 0 aromatic carbocycles. The molecule has 1 fully saturated rings. The predicted octanol–water partition coefficient (Wildman–Crippen LogP) is 3.40.